The van der Waals surface area contributed by atoms with Gasteiger partial charge >= 0.3 is 0 Å². The van der Waals surface area contributed by atoms with E-state index < -0.39 is 5.60 Å². The number of ether oxygens (including phenoxy) is 1. The lowest BCUT2D eigenvalue weighted by molar-refractivity contribution is 0.0698. The fraction of sp³-hybridized carbons (Fsp3) is 0.450. The van der Waals surface area contributed by atoms with Crippen LogP contribution in [0.15, 0.2) is 28.9 Å². The molecule has 7 nitrogen and oxygen atoms in total. The number of halogens is 1. The van der Waals surface area contributed by atoms with E-state index in [0.29, 0.717) is 31.4 Å². The molecule has 1 aliphatic heterocycles. The molecule has 28 heavy (non-hydrogen) atoms. The summed E-state index contributed by atoms with van der Waals surface area (Å²) < 4.78 is 6.34. The highest BCUT2D eigenvalue weighted by molar-refractivity contribution is 9.10. The Morgan fingerprint density at radius 1 is 1.39 bits per heavy atom. The molecule has 1 saturated heterocycles. The fourth-order valence-corrected chi connectivity index (χ4v) is 3.79. The predicted octanol–water partition coefficient (Wildman–Crippen LogP) is 3.86. The molecule has 3 N–H and O–H groups in total. The van der Waals surface area contributed by atoms with Crippen LogP contribution in [0.4, 0.5) is 17.5 Å². The third kappa shape index (κ3) is 4.79. The topological polar surface area (TPSA) is 103 Å². The second-order valence-corrected chi connectivity index (χ2v) is 8.31. The number of anilines is 3. The molecule has 1 fully saturated rings. The predicted molar refractivity (Wildman–Crippen MR) is 111 cm³/mol. The number of aryl methyl sites for hydroxylation is 1. The van der Waals surface area contributed by atoms with Crippen molar-refractivity contribution < 1.29 is 9.84 Å². The highest BCUT2D eigenvalue weighted by Crippen LogP contribution is 2.31. The molecular weight excluding hydrogens is 422 g/mol. The Bertz CT molecular complexity index is 891. The fourth-order valence-electron chi connectivity index (χ4n) is 3.06. The van der Waals surface area contributed by atoms with E-state index in [1.807, 2.05) is 25.1 Å². The van der Waals surface area contributed by atoms with Gasteiger partial charge in [0, 0.05) is 28.5 Å². The second-order valence-electron chi connectivity index (χ2n) is 7.45. The molecule has 2 aromatic rings. The van der Waals surface area contributed by atoms with Gasteiger partial charge in [0.15, 0.2) is 0 Å². The van der Waals surface area contributed by atoms with E-state index in [2.05, 4.69) is 42.6 Å². The van der Waals surface area contributed by atoms with Crippen LogP contribution in [0.5, 0.6) is 0 Å². The average molecular weight is 446 g/mol. The molecule has 0 unspecified atom stereocenters. The van der Waals surface area contributed by atoms with Crippen LogP contribution in [-0.2, 0) is 10.3 Å². The van der Waals surface area contributed by atoms with E-state index in [0.717, 1.165) is 21.3 Å². The number of hydrogen-bond acceptors (Lipinski definition) is 7. The average Bonchev–Trinajstić information content (AvgIpc) is 2.65. The summed E-state index contributed by atoms with van der Waals surface area (Å²) in [6, 6.07) is 7.86. The third-order valence-corrected chi connectivity index (χ3v) is 5.39. The summed E-state index contributed by atoms with van der Waals surface area (Å²) in [7, 11) is 0. The molecule has 2 atom stereocenters. The minimum absolute atomic E-state index is 0.102. The number of aromatic nitrogens is 2. The van der Waals surface area contributed by atoms with E-state index >= 15 is 0 Å². The van der Waals surface area contributed by atoms with E-state index in [1.54, 1.807) is 20.0 Å². The minimum atomic E-state index is -0.981. The van der Waals surface area contributed by atoms with Gasteiger partial charge in [0.1, 0.15) is 5.82 Å². The summed E-state index contributed by atoms with van der Waals surface area (Å²) in [4.78, 5) is 8.92. The van der Waals surface area contributed by atoms with Crippen LogP contribution in [0, 0.1) is 24.2 Å². The molecule has 1 aromatic heterocycles. The lowest BCUT2D eigenvalue weighted by Crippen LogP contribution is -2.38. The lowest BCUT2D eigenvalue weighted by Gasteiger charge is -2.28. The zero-order valence-electron chi connectivity index (χ0n) is 16.2. The molecule has 0 saturated carbocycles. The molecule has 8 heteroatoms. The maximum atomic E-state index is 10.3. The Kier molecular flexibility index (Phi) is 6.18. The van der Waals surface area contributed by atoms with Gasteiger partial charge in [-0.3, -0.25) is 0 Å². The number of nitriles is 1. The van der Waals surface area contributed by atoms with Crippen molar-refractivity contribution in [1.82, 2.24) is 9.97 Å². The van der Waals surface area contributed by atoms with Gasteiger partial charge in [-0.2, -0.15) is 10.2 Å². The number of rotatable bonds is 5. The Morgan fingerprint density at radius 2 is 2.18 bits per heavy atom. The van der Waals surface area contributed by atoms with E-state index in [4.69, 9.17) is 4.74 Å². The van der Waals surface area contributed by atoms with Crippen molar-refractivity contribution >= 4 is 33.4 Å². The van der Waals surface area contributed by atoms with E-state index in [9.17, 15) is 10.4 Å². The minimum Gasteiger partial charge on any atom is -0.386 e. The first-order chi connectivity index (χ1) is 13.3. The van der Waals surface area contributed by atoms with Crippen LogP contribution in [0.25, 0.3) is 0 Å². The van der Waals surface area contributed by atoms with Crippen molar-refractivity contribution in [3.8, 4) is 6.07 Å². The molecule has 0 radical (unpaired) electrons. The van der Waals surface area contributed by atoms with E-state index in [1.165, 1.54) is 0 Å². The number of benzene rings is 1. The molecule has 1 aliphatic rings. The first kappa shape index (κ1) is 20.5. The SMILES string of the molecule is Cc1cnc(Nc2ccc(Br)c(C(C)(C)O)c2)nc1N[C@@H]1COCC[C@H]1C#N. The van der Waals surface area contributed by atoms with Crippen LogP contribution in [0.2, 0.25) is 0 Å². The molecule has 0 amide bonds. The van der Waals surface area contributed by atoms with Crippen molar-refractivity contribution in [2.75, 3.05) is 23.8 Å². The van der Waals surface area contributed by atoms with Crippen molar-refractivity contribution in [2.24, 2.45) is 5.92 Å². The van der Waals surface area contributed by atoms with Gasteiger partial charge in [-0.25, -0.2) is 4.98 Å². The molecular formula is C20H24BrN5O2. The van der Waals surface area contributed by atoms with Crippen LogP contribution < -0.4 is 10.6 Å². The number of nitrogens with one attached hydrogen (secondary N) is 2. The zero-order chi connectivity index (χ0) is 20.3. The summed E-state index contributed by atoms with van der Waals surface area (Å²) in [5.41, 5.74) is 1.44. The maximum absolute atomic E-state index is 10.3. The van der Waals surface area contributed by atoms with Gasteiger partial charge in [0.05, 0.1) is 30.2 Å². The molecule has 3 rings (SSSR count). The third-order valence-electron chi connectivity index (χ3n) is 4.70. The monoisotopic (exact) mass is 445 g/mol. The first-order valence-electron chi connectivity index (χ1n) is 9.15. The quantitative estimate of drug-likeness (QED) is 0.641. The largest absolute Gasteiger partial charge is 0.386 e. The van der Waals surface area contributed by atoms with Gasteiger partial charge in [0.2, 0.25) is 5.95 Å². The Morgan fingerprint density at radius 3 is 2.89 bits per heavy atom. The number of hydrogen-bond donors (Lipinski definition) is 3. The zero-order valence-corrected chi connectivity index (χ0v) is 17.7. The standard InChI is InChI=1S/C20H24BrN5O2/c1-12-10-23-19(24-14-4-5-16(21)15(8-14)20(2,3)27)26-18(12)25-17-11-28-7-6-13(17)9-22/h4-5,8,10,13,17,27H,6-7,11H2,1-3H3,(H2,23,24,25,26)/t13-,17+/m0/s1. The summed E-state index contributed by atoms with van der Waals surface area (Å²) in [6.07, 6.45) is 2.44. The molecule has 0 bridgehead atoms. The molecule has 0 aliphatic carbocycles. The second kappa shape index (κ2) is 8.43. The smallest absolute Gasteiger partial charge is 0.229 e. The van der Waals surface area contributed by atoms with Gasteiger partial charge in [0.25, 0.3) is 0 Å². The Hall–Kier alpha value is -2.21. The Labute approximate surface area is 173 Å². The highest BCUT2D eigenvalue weighted by atomic mass is 79.9. The van der Waals surface area contributed by atoms with Gasteiger partial charge in [-0.15, -0.1) is 0 Å². The van der Waals surface area contributed by atoms with Crippen molar-refractivity contribution in [3.05, 3.63) is 40.0 Å². The number of nitrogens with zero attached hydrogens (tertiary/aromatic N) is 3. The van der Waals surface area contributed by atoms with Crippen LogP contribution >= 0.6 is 15.9 Å². The summed E-state index contributed by atoms with van der Waals surface area (Å²) in [6.45, 7) is 6.48. The molecule has 0 spiro atoms. The molecule has 1 aromatic carbocycles. The van der Waals surface area contributed by atoms with Crippen molar-refractivity contribution in [1.29, 1.82) is 5.26 Å². The maximum Gasteiger partial charge on any atom is 0.229 e. The molecule has 148 valence electrons. The van der Waals surface area contributed by atoms with Gasteiger partial charge < -0.3 is 20.5 Å². The highest BCUT2D eigenvalue weighted by Gasteiger charge is 2.26. The van der Waals surface area contributed by atoms with Gasteiger partial charge in [-0.1, -0.05) is 15.9 Å². The van der Waals surface area contributed by atoms with Crippen LogP contribution in [0.3, 0.4) is 0 Å². The van der Waals surface area contributed by atoms with Gasteiger partial charge in [-0.05, 0) is 51.0 Å². The van der Waals surface area contributed by atoms with Crippen molar-refractivity contribution in [2.45, 2.75) is 38.8 Å². The van der Waals surface area contributed by atoms with E-state index in [-0.39, 0.29) is 12.0 Å². The molecule has 2 heterocycles. The Balaban J connectivity index is 1.81. The van der Waals surface area contributed by atoms with Crippen LogP contribution in [0.1, 0.15) is 31.4 Å². The summed E-state index contributed by atoms with van der Waals surface area (Å²) in [5, 5.41) is 26.2. The number of aliphatic hydroxyl groups is 1. The summed E-state index contributed by atoms with van der Waals surface area (Å²) in [5.74, 6) is 0.996. The van der Waals surface area contributed by atoms with Crippen molar-refractivity contribution in [3.63, 3.8) is 0 Å². The first-order valence-corrected chi connectivity index (χ1v) is 9.94. The lowest BCUT2D eigenvalue weighted by atomic mass is 9.96. The normalized spacial score (nSPS) is 19.7. The van der Waals surface area contributed by atoms with Crippen LogP contribution in [-0.4, -0.2) is 34.3 Å². The summed E-state index contributed by atoms with van der Waals surface area (Å²) >= 11 is 3.47.